The average molecular weight is 186 g/mol. The second kappa shape index (κ2) is 4.58. The van der Waals surface area contributed by atoms with E-state index in [1.807, 2.05) is 4.90 Å². The van der Waals surface area contributed by atoms with Crippen molar-refractivity contribution < 1.29 is 9.90 Å². The lowest BCUT2D eigenvalue weighted by Crippen LogP contribution is -2.43. The number of likely N-dealkylation sites (tertiary alicyclic amines) is 1. The van der Waals surface area contributed by atoms with E-state index in [-0.39, 0.29) is 12.0 Å². The van der Waals surface area contributed by atoms with Gasteiger partial charge in [0.2, 0.25) is 5.91 Å². The Morgan fingerprint density at radius 3 is 2.85 bits per heavy atom. The fourth-order valence-electron chi connectivity index (χ4n) is 1.51. The molecule has 0 aliphatic carbocycles. The molecule has 0 saturated carbocycles. The highest BCUT2D eigenvalue weighted by molar-refractivity contribution is 5.77. The smallest absolute Gasteiger partial charge is 0.236 e. The lowest BCUT2D eigenvalue weighted by Gasteiger charge is -2.30. The van der Waals surface area contributed by atoms with Crippen LogP contribution >= 0.6 is 0 Å². The second-order valence-electron chi connectivity index (χ2n) is 3.82. The first kappa shape index (κ1) is 10.5. The number of amides is 1. The maximum atomic E-state index is 11.3. The SMILES string of the molecule is CN(C)C(=O)CN1CCC[C@H](O)C1. The zero-order valence-corrected chi connectivity index (χ0v) is 8.36. The summed E-state index contributed by atoms with van der Waals surface area (Å²) < 4.78 is 0. The van der Waals surface area contributed by atoms with Crippen molar-refractivity contribution in [1.82, 2.24) is 9.80 Å². The molecular weight excluding hydrogens is 168 g/mol. The maximum absolute atomic E-state index is 11.3. The molecule has 1 atom stereocenters. The molecule has 0 aromatic rings. The predicted octanol–water partition coefficient (Wildman–Crippen LogP) is -0.469. The molecule has 76 valence electrons. The van der Waals surface area contributed by atoms with Gasteiger partial charge in [-0.25, -0.2) is 0 Å². The van der Waals surface area contributed by atoms with Gasteiger partial charge in [0.1, 0.15) is 0 Å². The largest absolute Gasteiger partial charge is 0.392 e. The van der Waals surface area contributed by atoms with Crippen LogP contribution in [0.15, 0.2) is 0 Å². The fraction of sp³-hybridized carbons (Fsp3) is 0.889. The van der Waals surface area contributed by atoms with E-state index in [4.69, 9.17) is 0 Å². The molecule has 1 saturated heterocycles. The molecule has 1 fully saturated rings. The van der Waals surface area contributed by atoms with Gasteiger partial charge in [0, 0.05) is 20.6 Å². The van der Waals surface area contributed by atoms with Crippen molar-refractivity contribution in [3.63, 3.8) is 0 Å². The van der Waals surface area contributed by atoms with Gasteiger partial charge < -0.3 is 10.0 Å². The number of carbonyl (C=O) groups excluding carboxylic acids is 1. The Bertz CT molecular complexity index is 182. The number of aliphatic hydroxyl groups excluding tert-OH is 1. The molecule has 1 amide bonds. The molecule has 4 heteroatoms. The maximum Gasteiger partial charge on any atom is 0.236 e. The summed E-state index contributed by atoms with van der Waals surface area (Å²) in [6.07, 6.45) is 1.61. The van der Waals surface area contributed by atoms with E-state index >= 15 is 0 Å². The minimum Gasteiger partial charge on any atom is -0.392 e. The van der Waals surface area contributed by atoms with Gasteiger partial charge in [-0.05, 0) is 19.4 Å². The fourth-order valence-corrected chi connectivity index (χ4v) is 1.51. The zero-order valence-electron chi connectivity index (χ0n) is 8.36. The van der Waals surface area contributed by atoms with E-state index in [0.717, 1.165) is 19.4 Å². The van der Waals surface area contributed by atoms with Crippen LogP contribution in [0, 0.1) is 0 Å². The molecule has 1 aliphatic heterocycles. The van der Waals surface area contributed by atoms with E-state index in [2.05, 4.69) is 0 Å². The molecular formula is C9H18N2O2. The molecule has 0 bridgehead atoms. The molecule has 1 rings (SSSR count). The van der Waals surface area contributed by atoms with Gasteiger partial charge in [-0.2, -0.15) is 0 Å². The standard InChI is InChI=1S/C9H18N2O2/c1-10(2)9(13)7-11-5-3-4-8(12)6-11/h8,12H,3-7H2,1-2H3/t8-/m0/s1. The first-order valence-electron chi connectivity index (χ1n) is 4.70. The molecule has 0 spiro atoms. The molecule has 1 N–H and O–H groups in total. The van der Waals surface area contributed by atoms with E-state index in [0.29, 0.717) is 13.1 Å². The number of hydrogen-bond acceptors (Lipinski definition) is 3. The van der Waals surface area contributed by atoms with Crippen LogP contribution < -0.4 is 0 Å². The number of carbonyl (C=O) groups is 1. The van der Waals surface area contributed by atoms with Gasteiger partial charge in [0.25, 0.3) is 0 Å². The van der Waals surface area contributed by atoms with Crippen molar-refractivity contribution in [3.05, 3.63) is 0 Å². The number of nitrogens with zero attached hydrogens (tertiary/aromatic N) is 2. The van der Waals surface area contributed by atoms with Gasteiger partial charge in [0.15, 0.2) is 0 Å². The van der Waals surface area contributed by atoms with Crippen molar-refractivity contribution in [2.45, 2.75) is 18.9 Å². The monoisotopic (exact) mass is 186 g/mol. The van der Waals surface area contributed by atoms with E-state index < -0.39 is 0 Å². The summed E-state index contributed by atoms with van der Waals surface area (Å²) in [6, 6.07) is 0. The van der Waals surface area contributed by atoms with Crippen molar-refractivity contribution in [2.24, 2.45) is 0 Å². The lowest BCUT2D eigenvalue weighted by atomic mass is 10.1. The van der Waals surface area contributed by atoms with Crippen LogP contribution in [0.5, 0.6) is 0 Å². The number of β-amino-alcohol motifs (C(OH)–C–C–N with tert-alkyl or cyclic N) is 1. The Morgan fingerprint density at radius 2 is 2.31 bits per heavy atom. The first-order chi connectivity index (χ1) is 6.09. The minimum absolute atomic E-state index is 0.106. The zero-order chi connectivity index (χ0) is 9.84. The van der Waals surface area contributed by atoms with Gasteiger partial charge in [0.05, 0.1) is 12.6 Å². The summed E-state index contributed by atoms with van der Waals surface area (Å²) in [5, 5.41) is 9.36. The number of aliphatic hydroxyl groups is 1. The van der Waals surface area contributed by atoms with E-state index in [9.17, 15) is 9.90 Å². The van der Waals surface area contributed by atoms with Gasteiger partial charge in [-0.3, -0.25) is 9.69 Å². The highest BCUT2D eigenvalue weighted by Crippen LogP contribution is 2.09. The third kappa shape index (κ3) is 3.32. The van der Waals surface area contributed by atoms with Crippen LogP contribution in [0.4, 0.5) is 0 Å². The molecule has 4 nitrogen and oxygen atoms in total. The Hall–Kier alpha value is -0.610. The highest BCUT2D eigenvalue weighted by Gasteiger charge is 2.19. The van der Waals surface area contributed by atoms with E-state index in [1.165, 1.54) is 0 Å². The third-order valence-corrected chi connectivity index (χ3v) is 2.34. The van der Waals surface area contributed by atoms with Crippen molar-refractivity contribution in [2.75, 3.05) is 33.7 Å². The van der Waals surface area contributed by atoms with Gasteiger partial charge in [-0.1, -0.05) is 0 Å². The van der Waals surface area contributed by atoms with Crippen molar-refractivity contribution >= 4 is 5.91 Å². The van der Waals surface area contributed by atoms with Crippen LogP contribution in [-0.4, -0.2) is 60.6 Å². The number of likely N-dealkylation sites (N-methyl/N-ethyl adjacent to an activating group) is 1. The Balaban J connectivity index is 2.31. The molecule has 1 heterocycles. The van der Waals surface area contributed by atoms with Crippen LogP contribution in [-0.2, 0) is 4.79 Å². The minimum atomic E-state index is -0.247. The van der Waals surface area contributed by atoms with E-state index in [1.54, 1.807) is 19.0 Å². The predicted molar refractivity (Wildman–Crippen MR) is 50.4 cm³/mol. The number of rotatable bonds is 2. The Labute approximate surface area is 79.1 Å². The molecule has 1 aliphatic rings. The molecule has 0 radical (unpaired) electrons. The van der Waals surface area contributed by atoms with Crippen LogP contribution in [0.2, 0.25) is 0 Å². The van der Waals surface area contributed by atoms with Crippen molar-refractivity contribution in [3.8, 4) is 0 Å². The quantitative estimate of drug-likeness (QED) is 0.634. The topological polar surface area (TPSA) is 43.8 Å². The lowest BCUT2D eigenvalue weighted by molar-refractivity contribution is -0.130. The average Bonchev–Trinajstić information content (AvgIpc) is 2.04. The van der Waals surface area contributed by atoms with Crippen LogP contribution in [0.3, 0.4) is 0 Å². The summed E-state index contributed by atoms with van der Waals surface area (Å²) in [5.41, 5.74) is 0. The Morgan fingerprint density at radius 1 is 1.62 bits per heavy atom. The number of hydrogen-bond donors (Lipinski definition) is 1. The van der Waals surface area contributed by atoms with Gasteiger partial charge in [-0.15, -0.1) is 0 Å². The summed E-state index contributed by atoms with van der Waals surface area (Å²) >= 11 is 0. The molecule has 13 heavy (non-hydrogen) atoms. The summed E-state index contributed by atoms with van der Waals surface area (Å²) in [4.78, 5) is 14.9. The highest BCUT2D eigenvalue weighted by atomic mass is 16.3. The normalized spacial score (nSPS) is 24.4. The van der Waals surface area contributed by atoms with Crippen LogP contribution in [0.25, 0.3) is 0 Å². The Kier molecular flexibility index (Phi) is 3.69. The summed E-state index contributed by atoms with van der Waals surface area (Å²) in [7, 11) is 3.51. The number of piperidine rings is 1. The first-order valence-corrected chi connectivity index (χ1v) is 4.70. The van der Waals surface area contributed by atoms with Crippen LogP contribution in [0.1, 0.15) is 12.8 Å². The van der Waals surface area contributed by atoms with Gasteiger partial charge >= 0.3 is 0 Å². The second-order valence-corrected chi connectivity index (χ2v) is 3.82. The van der Waals surface area contributed by atoms with Crippen molar-refractivity contribution in [1.29, 1.82) is 0 Å². The summed E-state index contributed by atoms with van der Waals surface area (Å²) in [6.45, 7) is 2.00. The molecule has 0 unspecified atom stereocenters. The molecule has 0 aromatic heterocycles. The molecule has 0 aromatic carbocycles. The summed E-state index contributed by atoms with van der Waals surface area (Å²) in [5.74, 6) is 0.106. The third-order valence-electron chi connectivity index (χ3n) is 2.34.